The second-order valence-corrected chi connectivity index (χ2v) is 9.63. The largest absolute Gasteiger partial charge is 0.466 e. The summed E-state index contributed by atoms with van der Waals surface area (Å²) in [4.78, 5) is 27.0. The monoisotopic (exact) mass is 405 g/mol. The van der Waals surface area contributed by atoms with Crippen LogP contribution in [0.4, 0.5) is 0 Å². The third-order valence-corrected chi connectivity index (χ3v) is 8.23. The molecule has 29 heavy (non-hydrogen) atoms. The molecule has 0 unspecified atom stereocenters. The normalized spacial score (nSPS) is 40.6. The van der Waals surface area contributed by atoms with Crippen LogP contribution in [0.15, 0.2) is 11.6 Å². The molecule has 2 heterocycles. The molecule has 4 aliphatic rings. The molecule has 0 amide bonds. The van der Waals surface area contributed by atoms with Crippen LogP contribution in [0.1, 0.15) is 52.9 Å². The average Bonchev–Trinajstić information content (AvgIpc) is 3.00. The molecule has 162 valence electrons. The summed E-state index contributed by atoms with van der Waals surface area (Å²) in [6, 6.07) is 0. The van der Waals surface area contributed by atoms with Gasteiger partial charge in [-0.15, -0.1) is 0 Å². The van der Waals surface area contributed by atoms with Gasteiger partial charge in [-0.2, -0.15) is 0 Å². The number of hydrogen-bond donors (Lipinski definition) is 1. The Morgan fingerprint density at radius 3 is 2.76 bits per heavy atom. The van der Waals surface area contributed by atoms with Gasteiger partial charge in [-0.05, 0) is 51.6 Å². The van der Waals surface area contributed by atoms with Crippen molar-refractivity contribution >= 4 is 11.9 Å². The first kappa shape index (κ1) is 20.9. The molecule has 3 fully saturated rings. The maximum atomic E-state index is 12.8. The van der Waals surface area contributed by atoms with Crippen molar-refractivity contribution in [2.24, 2.45) is 29.1 Å². The van der Waals surface area contributed by atoms with Crippen molar-refractivity contribution in [1.82, 2.24) is 4.90 Å². The average molecular weight is 406 g/mol. The quantitative estimate of drug-likeness (QED) is 0.572. The van der Waals surface area contributed by atoms with Gasteiger partial charge >= 0.3 is 11.9 Å². The van der Waals surface area contributed by atoms with Crippen LogP contribution in [0.3, 0.4) is 0 Å². The van der Waals surface area contributed by atoms with Gasteiger partial charge in [0.15, 0.2) is 0 Å². The van der Waals surface area contributed by atoms with Gasteiger partial charge in [0.25, 0.3) is 0 Å². The fraction of sp³-hybridized carbons (Fsp3) is 0.826. The first-order valence-corrected chi connectivity index (χ1v) is 11.3. The van der Waals surface area contributed by atoms with E-state index in [9.17, 15) is 14.7 Å². The molecule has 0 aromatic rings. The number of hydrogen-bond acceptors (Lipinski definition) is 6. The fourth-order valence-electron chi connectivity index (χ4n) is 6.16. The lowest BCUT2D eigenvalue weighted by Gasteiger charge is -2.52. The number of carbonyl (C=O) groups excluding carboxylic acids is 2. The number of aliphatic hydroxyl groups is 1. The van der Waals surface area contributed by atoms with E-state index in [1.165, 1.54) is 5.57 Å². The Hall–Kier alpha value is -1.40. The minimum absolute atomic E-state index is 0.0376. The Labute approximate surface area is 173 Å². The van der Waals surface area contributed by atoms with E-state index in [0.29, 0.717) is 19.1 Å². The molecule has 0 bridgehead atoms. The summed E-state index contributed by atoms with van der Waals surface area (Å²) in [6.45, 7) is 8.81. The Morgan fingerprint density at radius 1 is 1.34 bits per heavy atom. The zero-order valence-corrected chi connectivity index (χ0v) is 17.9. The van der Waals surface area contributed by atoms with E-state index in [1.54, 1.807) is 0 Å². The van der Waals surface area contributed by atoms with Gasteiger partial charge < -0.3 is 19.5 Å². The number of fused-ring (bicyclic) bond motifs is 2. The minimum atomic E-state index is -0.559. The lowest BCUT2D eigenvalue weighted by Crippen LogP contribution is -2.55. The topological polar surface area (TPSA) is 76.1 Å². The van der Waals surface area contributed by atoms with E-state index in [-0.39, 0.29) is 41.2 Å². The van der Waals surface area contributed by atoms with Crippen LogP contribution in [-0.2, 0) is 19.1 Å². The lowest BCUT2D eigenvalue weighted by molar-refractivity contribution is -0.150. The van der Waals surface area contributed by atoms with Crippen molar-refractivity contribution in [3.8, 4) is 0 Å². The highest BCUT2D eigenvalue weighted by molar-refractivity contribution is 5.76. The van der Waals surface area contributed by atoms with Gasteiger partial charge in [-0.3, -0.25) is 9.59 Å². The number of aliphatic hydroxyl groups excluding tert-OH is 1. The van der Waals surface area contributed by atoms with Crippen molar-refractivity contribution in [1.29, 1.82) is 0 Å². The minimum Gasteiger partial charge on any atom is -0.466 e. The summed E-state index contributed by atoms with van der Waals surface area (Å²) in [5.74, 6) is -0.343. The summed E-state index contributed by atoms with van der Waals surface area (Å²) in [7, 11) is 0. The van der Waals surface area contributed by atoms with E-state index in [1.807, 2.05) is 6.92 Å². The van der Waals surface area contributed by atoms with Crippen LogP contribution in [0.5, 0.6) is 0 Å². The van der Waals surface area contributed by atoms with E-state index in [0.717, 1.165) is 45.2 Å². The maximum absolute atomic E-state index is 12.8. The van der Waals surface area contributed by atoms with Crippen molar-refractivity contribution in [2.75, 3.05) is 26.2 Å². The van der Waals surface area contributed by atoms with Gasteiger partial charge in [-0.1, -0.05) is 25.5 Å². The predicted molar refractivity (Wildman–Crippen MR) is 108 cm³/mol. The molecule has 6 nitrogen and oxygen atoms in total. The Balaban J connectivity index is 1.44. The van der Waals surface area contributed by atoms with Crippen molar-refractivity contribution in [3.63, 3.8) is 0 Å². The van der Waals surface area contributed by atoms with Crippen LogP contribution >= 0.6 is 0 Å². The lowest BCUT2D eigenvalue weighted by atomic mass is 9.55. The number of piperidine rings is 1. The molecule has 2 saturated heterocycles. The molecule has 0 aromatic heterocycles. The second kappa shape index (κ2) is 8.03. The standard InChI is InChI=1S/C23H35NO5/c1-4-28-21(26)15-8-10-24(11-9-15)13-17-19-18(29-22(17)27)12-16-7-5-6-14(2)23(16,3)20(19)25/h7,14-15,17-20,25H,4-6,8-13H2,1-3H3/t14-,17-,18-,19+,20-,23-/m0/s1. The Bertz CT molecular complexity index is 683. The zero-order chi connectivity index (χ0) is 20.8. The fourth-order valence-corrected chi connectivity index (χ4v) is 6.16. The van der Waals surface area contributed by atoms with E-state index in [4.69, 9.17) is 9.47 Å². The Kier molecular flexibility index (Phi) is 5.77. The van der Waals surface area contributed by atoms with Crippen LogP contribution in [-0.4, -0.2) is 60.4 Å². The summed E-state index contributed by atoms with van der Waals surface area (Å²) in [5, 5.41) is 11.4. The molecular weight excluding hydrogens is 370 g/mol. The third-order valence-electron chi connectivity index (χ3n) is 8.23. The van der Waals surface area contributed by atoms with Crippen LogP contribution in [0.25, 0.3) is 0 Å². The summed E-state index contributed by atoms with van der Waals surface area (Å²) in [6.07, 6.45) is 5.91. The molecule has 1 saturated carbocycles. The second-order valence-electron chi connectivity index (χ2n) is 9.63. The van der Waals surface area contributed by atoms with E-state index < -0.39 is 6.10 Å². The summed E-state index contributed by atoms with van der Waals surface area (Å²) >= 11 is 0. The number of carbonyl (C=O) groups is 2. The number of allylic oxidation sites excluding steroid dienone is 1. The molecule has 2 aliphatic carbocycles. The molecule has 0 spiro atoms. The summed E-state index contributed by atoms with van der Waals surface area (Å²) in [5.41, 5.74) is 1.01. The number of likely N-dealkylation sites (tertiary alicyclic amines) is 1. The van der Waals surface area contributed by atoms with Crippen molar-refractivity contribution in [3.05, 3.63) is 11.6 Å². The molecule has 0 radical (unpaired) electrons. The summed E-state index contributed by atoms with van der Waals surface area (Å²) < 4.78 is 10.9. The van der Waals surface area contributed by atoms with Gasteiger partial charge in [-0.25, -0.2) is 0 Å². The smallest absolute Gasteiger partial charge is 0.311 e. The zero-order valence-electron chi connectivity index (χ0n) is 17.9. The molecule has 6 atom stereocenters. The molecule has 6 heteroatoms. The van der Waals surface area contributed by atoms with Crippen LogP contribution in [0, 0.1) is 29.1 Å². The first-order chi connectivity index (χ1) is 13.9. The number of rotatable bonds is 4. The first-order valence-electron chi connectivity index (χ1n) is 11.3. The highest BCUT2D eigenvalue weighted by Crippen LogP contribution is 2.56. The predicted octanol–water partition coefficient (Wildman–Crippen LogP) is 2.55. The van der Waals surface area contributed by atoms with Gasteiger partial charge in [0.05, 0.1) is 24.5 Å². The number of ether oxygens (including phenoxy) is 2. The van der Waals surface area contributed by atoms with Crippen LogP contribution < -0.4 is 0 Å². The number of nitrogens with zero attached hydrogens (tertiary/aromatic N) is 1. The van der Waals surface area contributed by atoms with Crippen molar-refractivity contribution < 1.29 is 24.2 Å². The maximum Gasteiger partial charge on any atom is 0.311 e. The van der Waals surface area contributed by atoms with Crippen molar-refractivity contribution in [2.45, 2.75) is 65.1 Å². The van der Waals surface area contributed by atoms with Gasteiger partial charge in [0.1, 0.15) is 6.10 Å². The molecule has 0 aromatic carbocycles. The molecule has 1 N–H and O–H groups in total. The van der Waals surface area contributed by atoms with E-state index in [2.05, 4.69) is 24.8 Å². The van der Waals surface area contributed by atoms with E-state index >= 15 is 0 Å². The van der Waals surface area contributed by atoms with Crippen LogP contribution in [0.2, 0.25) is 0 Å². The van der Waals surface area contributed by atoms with Gasteiger partial charge in [0, 0.05) is 24.3 Å². The molecular formula is C23H35NO5. The molecule has 2 aliphatic heterocycles. The Morgan fingerprint density at radius 2 is 2.07 bits per heavy atom. The molecule has 4 rings (SSSR count). The highest BCUT2D eigenvalue weighted by Gasteiger charge is 2.59. The SMILES string of the molecule is CCOC(=O)C1CCN(C[C@@H]2C(=O)O[C@H]3CC4=CCC[C@H](C)[C@]4(C)[C@@H](O)[C@@H]32)CC1. The van der Waals surface area contributed by atoms with Gasteiger partial charge in [0.2, 0.25) is 0 Å². The third kappa shape index (κ3) is 3.52. The number of esters is 2. The highest BCUT2D eigenvalue weighted by atomic mass is 16.6.